The van der Waals surface area contributed by atoms with Gasteiger partial charge in [0.1, 0.15) is 0 Å². The molecule has 0 bridgehead atoms. The summed E-state index contributed by atoms with van der Waals surface area (Å²) >= 11 is 0. The molecular formula is C16H24N2O. The van der Waals surface area contributed by atoms with Crippen molar-refractivity contribution in [2.45, 2.75) is 46.6 Å². The molecule has 1 aromatic carbocycles. The van der Waals surface area contributed by atoms with Gasteiger partial charge in [0, 0.05) is 18.6 Å². The van der Waals surface area contributed by atoms with Gasteiger partial charge >= 0.3 is 0 Å². The molecule has 0 amide bonds. The van der Waals surface area contributed by atoms with Crippen molar-refractivity contribution in [1.82, 2.24) is 9.78 Å². The molecule has 104 valence electrons. The van der Waals surface area contributed by atoms with E-state index in [2.05, 4.69) is 36.7 Å². The van der Waals surface area contributed by atoms with E-state index in [-0.39, 0.29) is 0 Å². The monoisotopic (exact) mass is 260 g/mol. The molecule has 1 aliphatic rings. The van der Waals surface area contributed by atoms with Crippen LogP contribution in [0.2, 0.25) is 0 Å². The van der Waals surface area contributed by atoms with E-state index in [1.807, 2.05) is 13.8 Å². The van der Waals surface area contributed by atoms with E-state index in [1.54, 1.807) is 0 Å². The predicted octanol–water partition coefficient (Wildman–Crippen LogP) is 4.03. The van der Waals surface area contributed by atoms with E-state index in [4.69, 9.17) is 9.84 Å². The van der Waals surface area contributed by atoms with Crippen LogP contribution in [0.4, 0.5) is 0 Å². The second-order valence-electron chi connectivity index (χ2n) is 4.89. The number of nitrogens with zero attached hydrogens (tertiary/aromatic N) is 2. The standard InChI is InChI=1S/C14H18N2O.C2H6/c1-10-3-4-13-11(2)15-16(14(13)9-10)12-5-7-17-8-6-12;1-2/h3-4,9,12H,5-8H2,1-2H3;1-2H3. The number of hydrogen-bond acceptors (Lipinski definition) is 2. The Kier molecular flexibility index (Phi) is 4.59. The number of benzene rings is 1. The van der Waals surface area contributed by atoms with E-state index >= 15 is 0 Å². The Hall–Kier alpha value is -1.35. The molecule has 3 rings (SSSR count). The Morgan fingerprint density at radius 2 is 1.84 bits per heavy atom. The van der Waals surface area contributed by atoms with Gasteiger partial charge in [0.2, 0.25) is 0 Å². The van der Waals surface area contributed by atoms with Crippen molar-refractivity contribution in [2.24, 2.45) is 0 Å². The quantitative estimate of drug-likeness (QED) is 0.774. The van der Waals surface area contributed by atoms with Crippen LogP contribution in [0.15, 0.2) is 18.2 Å². The largest absolute Gasteiger partial charge is 0.381 e. The number of aryl methyl sites for hydroxylation is 2. The minimum Gasteiger partial charge on any atom is -0.381 e. The summed E-state index contributed by atoms with van der Waals surface area (Å²) < 4.78 is 7.63. The Labute approximate surface area is 115 Å². The van der Waals surface area contributed by atoms with Crippen LogP contribution < -0.4 is 0 Å². The van der Waals surface area contributed by atoms with Gasteiger partial charge in [0.05, 0.1) is 17.3 Å². The van der Waals surface area contributed by atoms with Crippen molar-refractivity contribution < 1.29 is 4.74 Å². The summed E-state index contributed by atoms with van der Waals surface area (Å²) in [4.78, 5) is 0. The fourth-order valence-electron chi connectivity index (χ4n) is 2.61. The zero-order valence-corrected chi connectivity index (χ0v) is 12.4. The topological polar surface area (TPSA) is 27.1 Å². The van der Waals surface area contributed by atoms with Gasteiger partial charge in [0.15, 0.2) is 0 Å². The van der Waals surface area contributed by atoms with Crippen LogP contribution in [0.3, 0.4) is 0 Å². The van der Waals surface area contributed by atoms with Crippen LogP contribution in [0.25, 0.3) is 10.9 Å². The van der Waals surface area contributed by atoms with Crippen LogP contribution in [-0.2, 0) is 4.74 Å². The zero-order valence-electron chi connectivity index (χ0n) is 12.4. The van der Waals surface area contributed by atoms with Gasteiger partial charge in [-0.2, -0.15) is 5.10 Å². The Balaban J connectivity index is 0.000000637. The van der Waals surface area contributed by atoms with Crippen molar-refractivity contribution in [3.8, 4) is 0 Å². The van der Waals surface area contributed by atoms with Crippen molar-refractivity contribution in [1.29, 1.82) is 0 Å². The molecule has 0 spiro atoms. The lowest BCUT2D eigenvalue weighted by Crippen LogP contribution is -2.20. The van der Waals surface area contributed by atoms with Crippen LogP contribution in [-0.4, -0.2) is 23.0 Å². The molecule has 2 aromatic rings. The highest BCUT2D eigenvalue weighted by molar-refractivity contribution is 5.82. The summed E-state index contributed by atoms with van der Waals surface area (Å²) in [6, 6.07) is 7.08. The first-order valence-corrected chi connectivity index (χ1v) is 7.29. The number of rotatable bonds is 1. The molecule has 0 N–H and O–H groups in total. The van der Waals surface area contributed by atoms with Gasteiger partial charge in [0.25, 0.3) is 0 Å². The average Bonchev–Trinajstić information content (AvgIpc) is 2.79. The third-order valence-corrected chi connectivity index (χ3v) is 3.58. The molecule has 1 fully saturated rings. The van der Waals surface area contributed by atoms with Gasteiger partial charge in [-0.25, -0.2) is 0 Å². The molecule has 1 aliphatic heterocycles. The lowest BCUT2D eigenvalue weighted by Gasteiger charge is -2.23. The maximum Gasteiger partial charge on any atom is 0.0691 e. The molecule has 0 unspecified atom stereocenters. The molecule has 1 saturated heterocycles. The summed E-state index contributed by atoms with van der Waals surface area (Å²) in [6.45, 7) is 9.94. The van der Waals surface area contributed by atoms with E-state index in [9.17, 15) is 0 Å². The van der Waals surface area contributed by atoms with Gasteiger partial charge in [-0.05, 0) is 38.3 Å². The highest BCUT2D eigenvalue weighted by Gasteiger charge is 2.19. The third-order valence-electron chi connectivity index (χ3n) is 3.58. The summed E-state index contributed by atoms with van der Waals surface area (Å²) in [5.41, 5.74) is 3.70. The molecule has 3 heteroatoms. The fraction of sp³-hybridized carbons (Fsp3) is 0.562. The number of aromatic nitrogens is 2. The van der Waals surface area contributed by atoms with Crippen molar-refractivity contribution in [3.63, 3.8) is 0 Å². The molecule has 0 aliphatic carbocycles. The maximum absolute atomic E-state index is 5.42. The average molecular weight is 260 g/mol. The minimum absolute atomic E-state index is 0.502. The minimum atomic E-state index is 0.502. The molecule has 3 nitrogen and oxygen atoms in total. The van der Waals surface area contributed by atoms with Crippen LogP contribution in [0.1, 0.15) is 44.0 Å². The SMILES string of the molecule is CC.Cc1ccc2c(C)nn(C3CCOCC3)c2c1. The highest BCUT2D eigenvalue weighted by Crippen LogP contribution is 2.27. The van der Waals surface area contributed by atoms with Gasteiger partial charge in [-0.1, -0.05) is 26.0 Å². The zero-order chi connectivity index (χ0) is 13.8. The van der Waals surface area contributed by atoms with Crippen LogP contribution in [0.5, 0.6) is 0 Å². The van der Waals surface area contributed by atoms with E-state index < -0.39 is 0 Å². The number of hydrogen-bond donors (Lipinski definition) is 0. The molecule has 0 saturated carbocycles. The van der Waals surface area contributed by atoms with E-state index in [0.717, 1.165) is 31.7 Å². The Bertz CT molecular complexity index is 539. The van der Waals surface area contributed by atoms with Crippen LogP contribution in [0, 0.1) is 13.8 Å². The Morgan fingerprint density at radius 3 is 2.53 bits per heavy atom. The smallest absolute Gasteiger partial charge is 0.0691 e. The fourth-order valence-corrected chi connectivity index (χ4v) is 2.61. The maximum atomic E-state index is 5.42. The first-order valence-electron chi connectivity index (χ1n) is 7.29. The van der Waals surface area contributed by atoms with Crippen molar-refractivity contribution in [3.05, 3.63) is 29.5 Å². The lowest BCUT2D eigenvalue weighted by molar-refractivity contribution is 0.0674. The van der Waals surface area contributed by atoms with Crippen molar-refractivity contribution >= 4 is 10.9 Å². The number of ether oxygens (including phenoxy) is 1. The summed E-state index contributed by atoms with van der Waals surface area (Å²) in [5.74, 6) is 0. The molecule has 0 radical (unpaired) electrons. The summed E-state index contributed by atoms with van der Waals surface area (Å²) in [7, 11) is 0. The van der Waals surface area contributed by atoms with Gasteiger partial charge in [-0.3, -0.25) is 4.68 Å². The molecule has 0 atom stereocenters. The second kappa shape index (κ2) is 6.20. The lowest BCUT2D eigenvalue weighted by atomic mass is 10.1. The first kappa shape index (κ1) is 14.1. The molecule has 1 aromatic heterocycles. The highest BCUT2D eigenvalue weighted by atomic mass is 16.5. The normalized spacial score (nSPS) is 16.2. The number of fused-ring (bicyclic) bond motifs is 1. The molecular weight excluding hydrogens is 236 g/mol. The first-order chi connectivity index (χ1) is 9.25. The van der Waals surface area contributed by atoms with Crippen molar-refractivity contribution in [2.75, 3.05) is 13.2 Å². The second-order valence-corrected chi connectivity index (χ2v) is 4.89. The van der Waals surface area contributed by atoms with E-state index in [0.29, 0.717) is 6.04 Å². The Morgan fingerprint density at radius 1 is 1.16 bits per heavy atom. The third kappa shape index (κ3) is 2.81. The van der Waals surface area contributed by atoms with Gasteiger partial charge in [-0.15, -0.1) is 0 Å². The molecule has 2 heterocycles. The molecule has 19 heavy (non-hydrogen) atoms. The van der Waals surface area contributed by atoms with Crippen LogP contribution >= 0.6 is 0 Å². The summed E-state index contributed by atoms with van der Waals surface area (Å²) in [6.07, 6.45) is 2.15. The summed E-state index contributed by atoms with van der Waals surface area (Å²) in [5, 5.41) is 6.00. The van der Waals surface area contributed by atoms with Gasteiger partial charge < -0.3 is 4.74 Å². The predicted molar refractivity (Wildman–Crippen MR) is 79.6 cm³/mol. The van der Waals surface area contributed by atoms with E-state index in [1.165, 1.54) is 16.5 Å².